The van der Waals surface area contributed by atoms with Gasteiger partial charge in [0, 0.05) is 4.43 Å². The minimum absolute atomic E-state index is 1.12. The van der Waals surface area contributed by atoms with E-state index < -0.39 is 0 Å². The summed E-state index contributed by atoms with van der Waals surface area (Å²) in [4.78, 5) is 0. The zero-order valence-electron chi connectivity index (χ0n) is 8.22. The largest absolute Gasteiger partial charge is 0.0812 e. The van der Waals surface area contributed by atoms with Gasteiger partial charge in [-0.1, -0.05) is 66.6 Å². The number of alkyl halides is 1. The summed E-state index contributed by atoms with van der Waals surface area (Å²) in [6.07, 6.45) is 5.25. The minimum Gasteiger partial charge on any atom is -0.0812 e. The second-order valence-corrected chi connectivity index (χ2v) is 4.17. The number of unbranched alkanes of at least 4 members (excludes halogenated alkanes) is 2. The summed E-state index contributed by atoms with van der Waals surface area (Å²) in [5, 5.41) is 0. The van der Waals surface area contributed by atoms with Gasteiger partial charge in [0.25, 0.3) is 0 Å². The molecule has 1 aromatic carbocycles. The Balaban J connectivity index is 2.46. The van der Waals surface area contributed by atoms with Crippen molar-refractivity contribution in [2.24, 2.45) is 0 Å². The number of hydrogen-bond donors (Lipinski definition) is 0. The molecule has 0 heterocycles. The molecule has 0 amide bonds. The zero-order valence-corrected chi connectivity index (χ0v) is 10.4. The summed E-state index contributed by atoms with van der Waals surface area (Å²) in [5.74, 6) is 0. The third-order valence-corrected chi connectivity index (χ3v) is 3.10. The fourth-order valence-electron chi connectivity index (χ4n) is 1.45. The lowest BCUT2D eigenvalue weighted by atomic mass is 10.1. The lowest BCUT2D eigenvalue weighted by Gasteiger charge is -2.02. The molecule has 0 N–H and O–H groups in total. The van der Waals surface area contributed by atoms with Gasteiger partial charge in [-0.05, 0) is 24.0 Å². The lowest BCUT2D eigenvalue weighted by Crippen LogP contribution is -1.87. The molecule has 0 aliphatic carbocycles. The van der Waals surface area contributed by atoms with Crippen molar-refractivity contribution in [3.8, 4) is 0 Å². The van der Waals surface area contributed by atoms with Gasteiger partial charge in [-0.2, -0.15) is 0 Å². The molecular formula is C12H17I. The predicted octanol–water partition coefficient (Wildman–Crippen LogP) is 4.35. The smallest absolute Gasteiger partial charge is 0.0247 e. The fourth-order valence-corrected chi connectivity index (χ4v) is 1.92. The third-order valence-electron chi connectivity index (χ3n) is 2.21. The Kier molecular flexibility index (Phi) is 5.44. The SMILES string of the molecule is CCCCCc1cccc(CI)c1. The molecular weight excluding hydrogens is 271 g/mol. The Bertz CT molecular complexity index is 243. The Morgan fingerprint density at radius 3 is 2.62 bits per heavy atom. The topological polar surface area (TPSA) is 0 Å². The van der Waals surface area contributed by atoms with Gasteiger partial charge in [0.1, 0.15) is 0 Å². The average Bonchev–Trinajstić information content (AvgIpc) is 2.19. The van der Waals surface area contributed by atoms with E-state index in [2.05, 4.69) is 53.8 Å². The maximum atomic E-state index is 2.42. The molecule has 1 aromatic rings. The second-order valence-electron chi connectivity index (χ2n) is 3.41. The summed E-state index contributed by atoms with van der Waals surface area (Å²) in [6, 6.07) is 8.96. The number of aryl methyl sites for hydroxylation is 1. The Morgan fingerprint density at radius 1 is 1.15 bits per heavy atom. The van der Waals surface area contributed by atoms with E-state index in [-0.39, 0.29) is 0 Å². The molecule has 0 radical (unpaired) electrons. The van der Waals surface area contributed by atoms with Gasteiger partial charge in [0.15, 0.2) is 0 Å². The first kappa shape index (κ1) is 11.0. The van der Waals surface area contributed by atoms with Crippen LogP contribution >= 0.6 is 22.6 Å². The highest BCUT2D eigenvalue weighted by Crippen LogP contribution is 2.11. The molecule has 0 nitrogen and oxygen atoms in total. The first-order valence-corrected chi connectivity index (χ1v) is 6.53. The molecule has 0 spiro atoms. The van der Waals surface area contributed by atoms with Gasteiger partial charge in [0.2, 0.25) is 0 Å². The number of hydrogen-bond acceptors (Lipinski definition) is 0. The molecule has 0 atom stereocenters. The van der Waals surface area contributed by atoms with Crippen LogP contribution in [0.4, 0.5) is 0 Å². The minimum atomic E-state index is 1.12. The number of benzene rings is 1. The molecule has 0 aromatic heterocycles. The van der Waals surface area contributed by atoms with Crippen LogP contribution in [0.2, 0.25) is 0 Å². The maximum Gasteiger partial charge on any atom is 0.0247 e. The Labute approximate surface area is 94.9 Å². The van der Waals surface area contributed by atoms with Crippen molar-refractivity contribution in [3.63, 3.8) is 0 Å². The highest BCUT2D eigenvalue weighted by molar-refractivity contribution is 14.1. The summed E-state index contributed by atoms with van der Waals surface area (Å²) in [7, 11) is 0. The molecule has 0 saturated carbocycles. The van der Waals surface area contributed by atoms with Crippen molar-refractivity contribution in [1.82, 2.24) is 0 Å². The molecule has 0 saturated heterocycles. The van der Waals surface area contributed by atoms with E-state index in [1.54, 1.807) is 0 Å². The molecule has 1 heteroatoms. The summed E-state index contributed by atoms with van der Waals surface area (Å²) >= 11 is 2.42. The fraction of sp³-hybridized carbons (Fsp3) is 0.500. The molecule has 0 aliphatic rings. The van der Waals surface area contributed by atoms with Crippen LogP contribution in [0.25, 0.3) is 0 Å². The first-order chi connectivity index (χ1) is 6.36. The van der Waals surface area contributed by atoms with E-state index in [0.717, 1.165) is 4.43 Å². The summed E-state index contributed by atoms with van der Waals surface area (Å²) in [5.41, 5.74) is 2.96. The van der Waals surface area contributed by atoms with Crippen LogP contribution in [0.3, 0.4) is 0 Å². The van der Waals surface area contributed by atoms with Gasteiger partial charge in [-0.25, -0.2) is 0 Å². The molecule has 1 rings (SSSR count). The van der Waals surface area contributed by atoms with Gasteiger partial charge in [0.05, 0.1) is 0 Å². The molecule has 72 valence electrons. The maximum absolute atomic E-state index is 2.42. The highest BCUT2D eigenvalue weighted by Gasteiger charge is 1.94. The standard InChI is InChI=1S/C12H17I/c1-2-3-4-6-11-7-5-8-12(9-11)10-13/h5,7-9H,2-4,6,10H2,1H3. The molecule has 0 fully saturated rings. The van der Waals surface area contributed by atoms with E-state index in [1.165, 1.54) is 36.8 Å². The van der Waals surface area contributed by atoms with Gasteiger partial charge >= 0.3 is 0 Å². The van der Waals surface area contributed by atoms with Crippen LogP contribution in [0.15, 0.2) is 24.3 Å². The Morgan fingerprint density at radius 2 is 1.92 bits per heavy atom. The second kappa shape index (κ2) is 6.41. The monoisotopic (exact) mass is 288 g/mol. The quantitative estimate of drug-likeness (QED) is 0.429. The van der Waals surface area contributed by atoms with Crippen LogP contribution in [0, 0.1) is 0 Å². The van der Waals surface area contributed by atoms with Crippen LogP contribution in [0.5, 0.6) is 0 Å². The van der Waals surface area contributed by atoms with E-state index >= 15 is 0 Å². The van der Waals surface area contributed by atoms with Gasteiger partial charge in [-0.15, -0.1) is 0 Å². The summed E-state index contributed by atoms with van der Waals surface area (Å²) < 4.78 is 1.12. The third kappa shape index (κ3) is 4.12. The van der Waals surface area contributed by atoms with Crippen molar-refractivity contribution in [1.29, 1.82) is 0 Å². The summed E-state index contributed by atoms with van der Waals surface area (Å²) in [6.45, 7) is 2.25. The van der Waals surface area contributed by atoms with Crippen molar-refractivity contribution >= 4 is 22.6 Å². The highest BCUT2D eigenvalue weighted by atomic mass is 127. The molecule has 0 bridgehead atoms. The van der Waals surface area contributed by atoms with Gasteiger partial charge < -0.3 is 0 Å². The molecule has 13 heavy (non-hydrogen) atoms. The van der Waals surface area contributed by atoms with E-state index in [0.29, 0.717) is 0 Å². The van der Waals surface area contributed by atoms with E-state index in [1.807, 2.05) is 0 Å². The van der Waals surface area contributed by atoms with Crippen molar-refractivity contribution < 1.29 is 0 Å². The lowest BCUT2D eigenvalue weighted by molar-refractivity contribution is 0.717. The molecule has 0 unspecified atom stereocenters. The molecule has 0 aliphatic heterocycles. The van der Waals surface area contributed by atoms with Crippen molar-refractivity contribution in [3.05, 3.63) is 35.4 Å². The predicted molar refractivity (Wildman–Crippen MR) is 67.4 cm³/mol. The number of halogens is 1. The van der Waals surface area contributed by atoms with Crippen LogP contribution < -0.4 is 0 Å². The van der Waals surface area contributed by atoms with E-state index in [9.17, 15) is 0 Å². The average molecular weight is 288 g/mol. The zero-order chi connectivity index (χ0) is 9.52. The van der Waals surface area contributed by atoms with Gasteiger partial charge in [-0.3, -0.25) is 0 Å². The first-order valence-electron chi connectivity index (χ1n) is 5.00. The van der Waals surface area contributed by atoms with Crippen LogP contribution in [0.1, 0.15) is 37.3 Å². The Hall–Kier alpha value is -0.0500. The van der Waals surface area contributed by atoms with Crippen LogP contribution in [-0.4, -0.2) is 0 Å². The van der Waals surface area contributed by atoms with E-state index in [4.69, 9.17) is 0 Å². The number of rotatable bonds is 5. The van der Waals surface area contributed by atoms with Crippen molar-refractivity contribution in [2.75, 3.05) is 0 Å². The van der Waals surface area contributed by atoms with Crippen LogP contribution in [-0.2, 0) is 10.8 Å². The van der Waals surface area contributed by atoms with Crippen molar-refractivity contribution in [2.45, 2.75) is 37.0 Å². The normalized spacial score (nSPS) is 10.3.